The summed E-state index contributed by atoms with van der Waals surface area (Å²) >= 11 is 0. The fraction of sp³-hybridized carbons (Fsp3) is 0.400. The van der Waals surface area contributed by atoms with Crippen LogP contribution in [0.15, 0.2) is 35.2 Å². The molecule has 1 aliphatic heterocycles. The molecule has 76 valence electrons. The summed E-state index contributed by atoms with van der Waals surface area (Å²) in [6, 6.07) is 8.48. The highest BCUT2D eigenvalue weighted by molar-refractivity contribution is 7.91. The topological polar surface area (TPSA) is 46.7 Å². The van der Waals surface area contributed by atoms with Gasteiger partial charge < -0.3 is 4.74 Å². The van der Waals surface area contributed by atoms with Crippen molar-refractivity contribution in [2.24, 2.45) is 0 Å². The number of hydrogen-bond donors (Lipinski definition) is 0. The summed E-state index contributed by atoms with van der Waals surface area (Å²) < 4.78 is 28.6. The summed E-state index contributed by atoms with van der Waals surface area (Å²) in [5.41, 5.74) is 0. The van der Waals surface area contributed by atoms with Crippen molar-refractivity contribution in [3.8, 4) is 0 Å². The van der Waals surface area contributed by atoms with Gasteiger partial charge in [-0.3, -0.25) is 0 Å². The zero-order chi connectivity index (χ0) is 10.2. The molecular formula is C10H12O3S. The van der Waals surface area contributed by atoms with Crippen LogP contribution in [0.3, 0.4) is 0 Å². The highest BCUT2D eigenvalue weighted by Gasteiger charge is 2.38. The Bertz CT molecular complexity index is 410. The van der Waals surface area contributed by atoms with Crippen LogP contribution >= 0.6 is 0 Å². The first-order chi connectivity index (χ1) is 6.59. The van der Waals surface area contributed by atoms with Crippen LogP contribution < -0.4 is 0 Å². The Labute approximate surface area is 83.6 Å². The Morgan fingerprint density at radius 2 is 1.86 bits per heavy atom. The predicted octanol–water partition coefficient (Wildman–Crippen LogP) is 1.25. The van der Waals surface area contributed by atoms with Crippen molar-refractivity contribution in [2.75, 3.05) is 5.75 Å². The van der Waals surface area contributed by atoms with Crippen LogP contribution in [-0.4, -0.2) is 26.4 Å². The number of rotatable bonds is 3. The van der Waals surface area contributed by atoms with Crippen LogP contribution in [0.5, 0.6) is 0 Å². The fourth-order valence-corrected chi connectivity index (χ4v) is 2.89. The number of hydrogen-bond acceptors (Lipinski definition) is 3. The van der Waals surface area contributed by atoms with Crippen molar-refractivity contribution in [1.82, 2.24) is 0 Å². The van der Waals surface area contributed by atoms with E-state index in [-0.39, 0.29) is 18.0 Å². The normalized spacial score (nSPS) is 26.1. The second kappa shape index (κ2) is 3.37. The van der Waals surface area contributed by atoms with Gasteiger partial charge in [-0.2, -0.15) is 0 Å². The lowest BCUT2D eigenvalue weighted by molar-refractivity contribution is 0.388. The third kappa shape index (κ3) is 1.96. The van der Waals surface area contributed by atoms with E-state index in [2.05, 4.69) is 0 Å². The largest absolute Gasteiger partial charge is 0.369 e. The molecule has 0 amide bonds. The minimum Gasteiger partial charge on any atom is -0.369 e. The van der Waals surface area contributed by atoms with Crippen LogP contribution in [0.1, 0.15) is 6.92 Å². The maximum atomic E-state index is 11.7. The molecule has 2 atom stereocenters. The second-order valence-electron chi connectivity index (χ2n) is 3.47. The molecule has 0 bridgehead atoms. The third-order valence-electron chi connectivity index (χ3n) is 2.32. The van der Waals surface area contributed by atoms with Crippen LogP contribution in [0.4, 0.5) is 0 Å². The van der Waals surface area contributed by atoms with Crippen molar-refractivity contribution in [3.63, 3.8) is 0 Å². The van der Waals surface area contributed by atoms with Gasteiger partial charge in [-0.25, -0.2) is 8.42 Å². The van der Waals surface area contributed by atoms with Crippen molar-refractivity contribution >= 4 is 9.84 Å². The van der Waals surface area contributed by atoms with Gasteiger partial charge in [0.15, 0.2) is 9.84 Å². The number of epoxide rings is 1. The van der Waals surface area contributed by atoms with Gasteiger partial charge in [-0.1, -0.05) is 18.2 Å². The van der Waals surface area contributed by atoms with Crippen molar-refractivity contribution in [3.05, 3.63) is 30.3 Å². The van der Waals surface area contributed by atoms with E-state index in [1.165, 1.54) is 0 Å². The molecule has 0 N–H and O–H groups in total. The molecule has 1 saturated heterocycles. The molecule has 4 heteroatoms. The summed E-state index contributed by atoms with van der Waals surface area (Å²) in [5.74, 6) is 0.0954. The van der Waals surface area contributed by atoms with E-state index in [1.807, 2.05) is 6.92 Å². The number of ether oxygens (including phenoxy) is 1. The van der Waals surface area contributed by atoms with Gasteiger partial charge in [-0.15, -0.1) is 0 Å². The summed E-state index contributed by atoms with van der Waals surface area (Å²) in [7, 11) is -3.15. The Balaban J connectivity index is 2.17. The molecular weight excluding hydrogens is 200 g/mol. The Morgan fingerprint density at radius 3 is 2.36 bits per heavy atom. The fourth-order valence-electron chi connectivity index (χ4n) is 1.35. The Kier molecular flexibility index (Phi) is 2.33. The molecule has 0 radical (unpaired) electrons. The van der Waals surface area contributed by atoms with Crippen LogP contribution in [0, 0.1) is 0 Å². The molecule has 1 aromatic rings. The van der Waals surface area contributed by atoms with Crippen molar-refractivity contribution in [1.29, 1.82) is 0 Å². The average Bonchev–Trinajstić information content (AvgIpc) is 2.82. The highest BCUT2D eigenvalue weighted by Crippen LogP contribution is 2.25. The Morgan fingerprint density at radius 1 is 1.29 bits per heavy atom. The van der Waals surface area contributed by atoms with Crippen LogP contribution in [0.25, 0.3) is 0 Å². The smallest absolute Gasteiger partial charge is 0.181 e. The first-order valence-corrected chi connectivity index (χ1v) is 6.18. The van der Waals surface area contributed by atoms with Gasteiger partial charge in [0.05, 0.1) is 22.9 Å². The van der Waals surface area contributed by atoms with Gasteiger partial charge >= 0.3 is 0 Å². The van der Waals surface area contributed by atoms with Gasteiger partial charge in [-0.05, 0) is 19.1 Å². The van der Waals surface area contributed by atoms with Gasteiger partial charge in [0.2, 0.25) is 0 Å². The van der Waals surface area contributed by atoms with E-state index >= 15 is 0 Å². The number of sulfone groups is 1. The van der Waals surface area contributed by atoms with Crippen LogP contribution in [0.2, 0.25) is 0 Å². The van der Waals surface area contributed by atoms with E-state index in [1.54, 1.807) is 30.3 Å². The molecule has 2 rings (SSSR count). The van der Waals surface area contributed by atoms with Crippen molar-refractivity contribution in [2.45, 2.75) is 24.0 Å². The molecule has 14 heavy (non-hydrogen) atoms. The lowest BCUT2D eigenvalue weighted by Gasteiger charge is -2.00. The van der Waals surface area contributed by atoms with Gasteiger partial charge in [0, 0.05) is 0 Å². The lowest BCUT2D eigenvalue weighted by Crippen LogP contribution is -2.12. The average molecular weight is 212 g/mol. The summed E-state index contributed by atoms with van der Waals surface area (Å²) in [4.78, 5) is 0.378. The summed E-state index contributed by atoms with van der Waals surface area (Å²) in [6.45, 7) is 1.88. The second-order valence-corrected chi connectivity index (χ2v) is 5.51. The van der Waals surface area contributed by atoms with E-state index < -0.39 is 9.84 Å². The minimum absolute atomic E-state index is 0.0912. The Hall–Kier alpha value is -0.870. The van der Waals surface area contributed by atoms with E-state index in [4.69, 9.17) is 4.74 Å². The van der Waals surface area contributed by atoms with Crippen molar-refractivity contribution < 1.29 is 13.2 Å². The van der Waals surface area contributed by atoms with E-state index in [9.17, 15) is 8.42 Å². The first-order valence-electron chi connectivity index (χ1n) is 4.53. The molecule has 0 saturated carbocycles. The monoisotopic (exact) mass is 212 g/mol. The molecule has 0 aliphatic carbocycles. The molecule has 1 aromatic carbocycles. The SMILES string of the molecule is C[C@H]1O[C@H]1CS(=O)(=O)c1ccccc1. The molecule has 0 aromatic heterocycles. The van der Waals surface area contributed by atoms with Crippen LogP contribution in [-0.2, 0) is 14.6 Å². The predicted molar refractivity (Wildman–Crippen MR) is 52.8 cm³/mol. The number of benzene rings is 1. The maximum absolute atomic E-state index is 11.7. The molecule has 1 heterocycles. The summed E-state index contributed by atoms with van der Waals surface area (Å²) in [6.07, 6.45) is -0.0197. The zero-order valence-corrected chi connectivity index (χ0v) is 8.70. The summed E-state index contributed by atoms with van der Waals surface area (Å²) in [5, 5.41) is 0. The van der Waals surface area contributed by atoms with E-state index in [0.717, 1.165) is 0 Å². The first kappa shape index (κ1) is 9.68. The molecule has 0 unspecified atom stereocenters. The molecule has 0 spiro atoms. The third-order valence-corrected chi connectivity index (χ3v) is 4.08. The van der Waals surface area contributed by atoms with Gasteiger partial charge in [0.25, 0.3) is 0 Å². The molecule has 1 fully saturated rings. The maximum Gasteiger partial charge on any atom is 0.181 e. The minimum atomic E-state index is -3.15. The molecule has 3 nitrogen and oxygen atoms in total. The highest BCUT2D eigenvalue weighted by atomic mass is 32.2. The quantitative estimate of drug-likeness (QED) is 0.708. The standard InChI is InChI=1S/C10H12O3S/c1-8-10(13-8)7-14(11,12)9-5-3-2-4-6-9/h2-6,8,10H,7H2,1H3/t8-,10+/m1/s1. The zero-order valence-electron chi connectivity index (χ0n) is 7.88. The van der Waals surface area contributed by atoms with E-state index in [0.29, 0.717) is 4.90 Å². The lowest BCUT2D eigenvalue weighted by atomic mass is 10.4. The van der Waals surface area contributed by atoms with Gasteiger partial charge in [0.1, 0.15) is 0 Å². The molecule has 1 aliphatic rings.